The fourth-order valence-electron chi connectivity index (χ4n) is 3.74. The van der Waals surface area contributed by atoms with Crippen LogP contribution in [0, 0.1) is 0 Å². The quantitative estimate of drug-likeness (QED) is 0.546. The Bertz CT molecular complexity index is 997. The van der Waals surface area contributed by atoms with E-state index in [-0.39, 0.29) is 18.9 Å². The molecule has 0 fully saturated rings. The summed E-state index contributed by atoms with van der Waals surface area (Å²) in [7, 11) is 0. The van der Waals surface area contributed by atoms with Crippen molar-refractivity contribution >= 4 is 18.0 Å². The Balaban J connectivity index is 1.68. The van der Waals surface area contributed by atoms with Crippen molar-refractivity contribution in [1.82, 2.24) is 10.6 Å². The maximum atomic E-state index is 12.6. The molecule has 7 heteroatoms. The highest BCUT2D eigenvalue weighted by Crippen LogP contribution is 2.44. The molecule has 0 heterocycles. The van der Waals surface area contributed by atoms with E-state index in [4.69, 9.17) is 9.84 Å². The fraction of sp³-hybridized carbons (Fsp3) is 0.320. The number of benzene rings is 2. The van der Waals surface area contributed by atoms with Crippen LogP contribution in [0.5, 0.6) is 0 Å². The Morgan fingerprint density at radius 2 is 1.56 bits per heavy atom. The summed E-state index contributed by atoms with van der Waals surface area (Å²) in [6.45, 7) is 5.25. The first kappa shape index (κ1) is 23.1. The molecule has 0 spiro atoms. The van der Waals surface area contributed by atoms with Crippen LogP contribution in [0.25, 0.3) is 11.1 Å². The first-order valence-corrected chi connectivity index (χ1v) is 10.6. The number of carbonyl (C=O) groups excluding carboxylic acids is 2. The van der Waals surface area contributed by atoms with E-state index in [1.807, 2.05) is 50.2 Å². The van der Waals surface area contributed by atoms with Crippen LogP contribution >= 0.6 is 0 Å². The number of alkyl carbamates (subject to hydrolysis) is 1. The number of carboxylic acids is 1. The number of fused-ring (bicyclic) bond motifs is 3. The average Bonchev–Trinajstić information content (AvgIpc) is 3.08. The third kappa shape index (κ3) is 5.35. The van der Waals surface area contributed by atoms with Gasteiger partial charge in [-0.15, -0.1) is 0 Å². The summed E-state index contributed by atoms with van der Waals surface area (Å²) in [4.78, 5) is 36.1. The Labute approximate surface area is 187 Å². The highest BCUT2D eigenvalue weighted by Gasteiger charge is 2.30. The zero-order valence-corrected chi connectivity index (χ0v) is 18.4. The van der Waals surface area contributed by atoms with Crippen molar-refractivity contribution in [3.63, 3.8) is 0 Å². The molecule has 7 nitrogen and oxygen atoms in total. The molecular formula is C25H28N2O5. The number of allylic oxidation sites excluding steroid dienone is 1. The molecule has 3 rings (SSSR count). The van der Waals surface area contributed by atoms with Gasteiger partial charge in [-0.2, -0.15) is 0 Å². The van der Waals surface area contributed by atoms with Crippen LogP contribution in [0.3, 0.4) is 0 Å². The van der Waals surface area contributed by atoms with E-state index < -0.39 is 30.1 Å². The van der Waals surface area contributed by atoms with E-state index in [0.717, 1.165) is 27.8 Å². The minimum atomic E-state index is -1.15. The van der Waals surface area contributed by atoms with Gasteiger partial charge in [-0.25, -0.2) is 4.79 Å². The van der Waals surface area contributed by atoms with E-state index in [1.54, 1.807) is 6.08 Å². The molecule has 0 bridgehead atoms. The van der Waals surface area contributed by atoms with Gasteiger partial charge in [0.05, 0.1) is 0 Å². The Morgan fingerprint density at radius 1 is 1.00 bits per heavy atom. The van der Waals surface area contributed by atoms with Crippen molar-refractivity contribution in [2.45, 2.75) is 45.2 Å². The van der Waals surface area contributed by atoms with Gasteiger partial charge in [0.15, 0.2) is 0 Å². The lowest BCUT2D eigenvalue weighted by Gasteiger charge is -2.20. The molecule has 0 aliphatic heterocycles. The molecule has 0 aromatic heterocycles. The molecule has 1 aliphatic rings. The topological polar surface area (TPSA) is 105 Å². The standard InChI is InChI=1S/C25H28N2O5/c1-15(2)12-13-22(23(28)26-16(3)24(29)30)27-25(31)32-14-21-19-10-6-4-8-17(19)18-9-5-7-11-20(18)21/h4-12,16,21-22H,13-14H2,1-3H3,(H,26,28)(H,27,31)(H,29,30)/t16-,22?/m0/s1. The van der Waals surface area contributed by atoms with Crippen LogP contribution in [-0.4, -0.2) is 41.8 Å². The normalized spacial score (nSPS) is 13.8. The first-order valence-electron chi connectivity index (χ1n) is 10.6. The van der Waals surface area contributed by atoms with Gasteiger partial charge in [0.2, 0.25) is 5.91 Å². The minimum absolute atomic E-state index is 0.0924. The van der Waals surface area contributed by atoms with Gasteiger partial charge in [0.1, 0.15) is 18.7 Å². The highest BCUT2D eigenvalue weighted by molar-refractivity contribution is 5.89. The monoisotopic (exact) mass is 436 g/mol. The molecule has 1 unspecified atom stereocenters. The number of rotatable bonds is 8. The zero-order chi connectivity index (χ0) is 23.3. The van der Waals surface area contributed by atoms with Gasteiger partial charge >= 0.3 is 12.1 Å². The molecule has 2 aromatic rings. The molecule has 2 amide bonds. The molecule has 0 saturated carbocycles. The number of hydrogen-bond donors (Lipinski definition) is 3. The van der Waals surface area contributed by atoms with Gasteiger partial charge in [-0.1, -0.05) is 60.2 Å². The number of carbonyl (C=O) groups is 3. The SMILES string of the molecule is CC(C)=CCC(NC(=O)OCC1c2ccccc2-c2ccccc21)C(=O)N[C@@H](C)C(=O)O. The van der Waals surface area contributed by atoms with Crippen molar-refractivity contribution < 1.29 is 24.2 Å². The van der Waals surface area contributed by atoms with Crippen molar-refractivity contribution in [3.8, 4) is 11.1 Å². The maximum Gasteiger partial charge on any atom is 0.407 e. The minimum Gasteiger partial charge on any atom is -0.480 e. The molecular weight excluding hydrogens is 408 g/mol. The van der Waals surface area contributed by atoms with Crippen LogP contribution in [0.4, 0.5) is 4.79 Å². The summed E-state index contributed by atoms with van der Waals surface area (Å²) in [5, 5.41) is 14.0. The summed E-state index contributed by atoms with van der Waals surface area (Å²) in [5.41, 5.74) is 5.41. The second-order valence-electron chi connectivity index (χ2n) is 8.11. The molecule has 32 heavy (non-hydrogen) atoms. The van der Waals surface area contributed by atoms with Crippen LogP contribution in [-0.2, 0) is 14.3 Å². The average molecular weight is 437 g/mol. The molecule has 0 saturated heterocycles. The van der Waals surface area contributed by atoms with E-state index in [9.17, 15) is 14.4 Å². The van der Waals surface area contributed by atoms with E-state index in [2.05, 4.69) is 22.8 Å². The smallest absolute Gasteiger partial charge is 0.407 e. The predicted molar refractivity (Wildman–Crippen MR) is 121 cm³/mol. The number of nitrogens with one attached hydrogen (secondary N) is 2. The second kappa shape index (κ2) is 10.1. The van der Waals surface area contributed by atoms with Gasteiger partial charge in [0.25, 0.3) is 0 Å². The lowest BCUT2D eigenvalue weighted by molar-refractivity contribution is -0.141. The lowest BCUT2D eigenvalue weighted by Crippen LogP contribution is -2.50. The zero-order valence-electron chi connectivity index (χ0n) is 18.4. The van der Waals surface area contributed by atoms with Gasteiger partial charge in [0, 0.05) is 5.92 Å². The van der Waals surface area contributed by atoms with Gasteiger partial charge < -0.3 is 20.5 Å². The van der Waals surface area contributed by atoms with Crippen LogP contribution in [0.2, 0.25) is 0 Å². The van der Waals surface area contributed by atoms with Crippen molar-refractivity contribution in [1.29, 1.82) is 0 Å². The number of ether oxygens (including phenoxy) is 1. The molecule has 1 aliphatic carbocycles. The van der Waals surface area contributed by atoms with Gasteiger partial charge in [-0.3, -0.25) is 9.59 Å². The number of amides is 2. The molecule has 3 N–H and O–H groups in total. The van der Waals surface area contributed by atoms with Crippen LogP contribution < -0.4 is 10.6 Å². The third-order valence-corrected chi connectivity index (χ3v) is 5.44. The summed E-state index contributed by atoms with van der Waals surface area (Å²) in [5.74, 6) is -1.82. The maximum absolute atomic E-state index is 12.6. The van der Waals surface area contributed by atoms with Crippen molar-refractivity contribution in [2.24, 2.45) is 0 Å². The Kier molecular flexibility index (Phi) is 7.30. The van der Waals surface area contributed by atoms with Crippen LogP contribution in [0.15, 0.2) is 60.2 Å². The molecule has 0 radical (unpaired) electrons. The number of aliphatic carboxylic acids is 1. The molecule has 2 atom stereocenters. The Morgan fingerprint density at radius 3 is 2.09 bits per heavy atom. The lowest BCUT2D eigenvalue weighted by atomic mass is 9.98. The first-order chi connectivity index (χ1) is 15.3. The number of hydrogen-bond acceptors (Lipinski definition) is 4. The van der Waals surface area contributed by atoms with Crippen molar-refractivity contribution in [2.75, 3.05) is 6.61 Å². The van der Waals surface area contributed by atoms with Crippen LogP contribution in [0.1, 0.15) is 44.2 Å². The fourth-order valence-corrected chi connectivity index (χ4v) is 3.74. The highest BCUT2D eigenvalue weighted by atomic mass is 16.5. The largest absolute Gasteiger partial charge is 0.480 e. The second-order valence-corrected chi connectivity index (χ2v) is 8.11. The summed E-state index contributed by atoms with van der Waals surface area (Å²) in [6.07, 6.45) is 1.31. The van der Waals surface area contributed by atoms with Gasteiger partial charge in [-0.05, 0) is 49.4 Å². The van der Waals surface area contributed by atoms with E-state index in [0.29, 0.717) is 0 Å². The molecule has 2 aromatic carbocycles. The third-order valence-electron chi connectivity index (χ3n) is 5.44. The van der Waals surface area contributed by atoms with Crippen molar-refractivity contribution in [3.05, 3.63) is 71.3 Å². The summed E-state index contributed by atoms with van der Waals surface area (Å²) in [6, 6.07) is 14.0. The van der Waals surface area contributed by atoms with E-state index in [1.165, 1.54) is 6.92 Å². The predicted octanol–water partition coefficient (Wildman–Crippen LogP) is 3.84. The molecule has 168 valence electrons. The summed E-state index contributed by atoms with van der Waals surface area (Å²) < 4.78 is 5.51. The number of carboxylic acid groups (broad SMARTS) is 1. The van der Waals surface area contributed by atoms with E-state index >= 15 is 0 Å². The Hall–Kier alpha value is -3.61. The summed E-state index contributed by atoms with van der Waals surface area (Å²) >= 11 is 0.